The molecule has 4 rings (SSSR count). The summed E-state index contributed by atoms with van der Waals surface area (Å²) in [5, 5.41) is 1.08. The number of aromatic nitrogens is 1. The summed E-state index contributed by atoms with van der Waals surface area (Å²) in [4.78, 5) is 21.1. The molecule has 1 saturated heterocycles. The second kappa shape index (κ2) is 9.56. The highest BCUT2D eigenvalue weighted by Crippen LogP contribution is 2.24. The first kappa shape index (κ1) is 21.4. The molecule has 0 saturated carbocycles. The molecule has 0 spiro atoms. The minimum Gasteiger partial charge on any atom is -0.497 e. The van der Waals surface area contributed by atoms with Crippen LogP contribution in [-0.2, 0) is 6.54 Å². The third-order valence-electron chi connectivity index (χ3n) is 6.35. The fraction of sp³-hybridized carbons (Fsp3) is 0.423. The summed E-state index contributed by atoms with van der Waals surface area (Å²) in [5.41, 5.74) is 2.99. The number of hydrogen-bond donors (Lipinski definition) is 1. The van der Waals surface area contributed by atoms with E-state index >= 15 is 0 Å². The van der Waals surface area contributed by atoms with Crippen LogP contribution in [0.3, 0.4) is 0 Å². The van der Waals surface area contributed by atoms with Gasteiger partial charge in [-0.3, -0.25) is 9.69 Å². The van der Waals surface area contributed by atoms with Crippen LogP contribution in [0.15, 0.2) is 54.6 Å². The summed E-state index contributed by atoms with van der Waals surface area (Å²) < 4.78 is 5.35. The van der Waals surface area contributed by atoms with Crippen molar-refractivity contribution in [2.75, 3.05) is 26.7 Å². The largest absolute Gasteiger partial charge is 0.497 e. The number of para-hydroxylation sites is 1. The van der Waals surface area contributed by atoms with E-state index in [1.165, 1.54) is 5.56 Å². The summed E-state index contributed by atoms with van der Waals surface area (Å²) in [6.07, 6.45) is 2.24. The Morgan fingerprint density at radius 2 is 1.90 bits per heavy atom. The van der Waals surface area contributed by atoms with Gasteiger partial charge in [0, 0.05) is 30.0 Å². The molecule has 3 aromatic rings. The molecule has 0 atom stereocenters. The van der Waals surface area contributed by atoms with E-state index in [0.717, 1.165) is 55.7 Å². The van der Waals surface area contributed by atoms with Crippen LogP contribution in [0.4, 0.5) is 0 Å². The maximum Gasteiger partial charge on any atom is 0.270 e. The molecule has 0 aliphatic carbocycles. The Bertz CT molecular complexity index is 985. The van der Waals surface area contributed by atoms with Crippen molar-refractivity contribution >= 4 is 16.8 Å². The zero-order valence-electron chi connectivity index (χ0n) is 18.8. The molecule has 2 heterocycles. The van der Waals surface area contributed by atoms with Crippen LogP contribution in [0.2, 0.25) is 0 Å². The molecule has 1 aromatic heterocycles. The van der Waals surface area contributed by atoms with Gasteiger partial charge in [-0.25, -0.2) is 0 Å². The lowest BCUT2D eigenvalue weighted by atomic mass is 9.95. The van der Waals surface area contributed by atoms with Crippen LogP contribution in [0.5, 0.6) is 5.75 Å². The Morgan fingerprint density at radius 3 is 2.61 bits per heavy atom. The number of nitrogens with one attached hydrogen (secondary N) is 1. The Balaban J connectivity index is 1.35. The second-order valence-electron chi connectivity index (χ2n) is 8.89. The van der Waals surface area contributed by atoms with Crippen molar-refractivity contribution < 1.29 is 9.53 Å². The number of likely N-dealkylation sites (tertiary alicyclic amines) is 1. The quantitative estimate of drug-likeness (QED) is 0.590. The maximum atomic E-state index is 13.3. The van der Waals surface area contributed by atoms with Crippen molar-refractivity contribution in [3.05, 3.63) is 65.9 Å². The summed E-state index contributed by atoms with van der Waals surface area (Å²) in [6, 6.07) is 18.5. The molecule has 31 heavy (non-hydrogen) atoms. The van der Waals surface area contributed by atoms with E-state index in [2.05, 4.69) is 41.9 Å². The number of piperidine rings is 1. The zero-order valence-corrected chi connectivity index (χ0v) is 18.8. The monoisotopic (exact) mass is 419 g/mol. The average Bonchev–Trinajstić information content (AvgIpc) is 3.22. The van der Waals surface area contributed by atoms with E-state index in [-0.39, 0.29) is 11.9 Å². The van der Waals surface area contributed by atoms with Gasteiger partial charge in [0.15, 0.2) is 0 Å². The number of benzene rings is 2. The zero-order chi connectivity index (χ0) is 21.8. The van der Waals surface area contributed by atoms with Gasteiger partial charge in [-0.2, -0.15) is 0 Å². The van der Waals surface area contributed by atoms with Gasteiger partial charge in [-0.1, -0.05) is 30.3 Å². The first-order valence-corrected chi connectivity index (χ1v) is 11.3. The maximum absolute atomic E-state index is 13.3. The number of rotatable bonds is 7. The molecule has 1 aliphatic heterocycles. The number of H-pyrrole nitrogens is 1. The van der Waals surface area contributed by atoms with E-state index < -0.39 is 0 Å². The minimum atomic E-state index is 0.102. The average molecular weight is 420 g/mol. The Kier molecular flexibility index (Phi) is 6.62. The van der Waals surface area contributed by atoms with Gasteiger partial charge in [0.1, 0.15) is 11.4 Å². The standard InChI is InChI=1S/C26H33N3O2/c1-19(2)29(26(30)25-16-22-8-4-5-10-24(22)27-25)18-20-11-13-28(14-12-20)17-21-7-6-9-23(15-21)31-3/h4-10,15-16,19-20,27H,11-14,17-18H2,1-3H3. The molecule has 5 nitrogen and oxygen atoms in total. The number of amides is 1. The topological polar surface area (TPSA) is 48.6 Å². The molecular weight excluding hydrogens is 386 g/mol. The molecule has 1 amide bonds. The Labute approximate surface area is 185 Å². The number of hydrogen-bond acceptors (Lipinski definition) is 3. The molecule has 0 bridgehead atoms. The van der Waals surface area contributed by atoms with Crippen LogP contribution >= 0.6 is 0 Å². The van der Waals surface area contributed by atoms with Gasteiger partial charge < -0.3 is 14.6 Å². The molecule has 0 unspecified atom stereocenters. The highest BCUT2D eigenvalue weighted by atomic mass is 16.5. The number of carbonyl (C=O) groups excluding carboxylic acids is 1. The van der Waals surface area contributed by atoms with E-state index in [1.807, 2.05) is 41.3 Å². The van der Waals surface area contributed by atoms with Crippen molar-refractivity contribution in [3.8, 4) is 5.75 Å². The highest BCUT2D eigenvalue weighted by molar-refractivity contribution is 5.98. The predicted octanol–water partition coefficient (Wildman–Crippen LogP) is 4.94. The molecule has 1 aliphatic rings. The highest BCUT2D eigenvalue weighted by Gasteiger charge is 2.26. The lowest BCUT2D eigenvalue weighted by Crippen LogP contribution is -2.43. The van der Waals surface area contributed by atoms with Gasteiger partial charge in [-0.15, -0.1) is 0 Å². The first-order valence-electron chi connectivity index (χ1n) is 11.3. The van der Waals surface area contributed by atoms with Crippen LogP contribution < -0.4 is 4.74 Å². The Hall–Kier alpha value is -2.79. The van der Waals surface area contributed by atoms with E-state index in [0.29, 0.717) is 11.6 Å². The van der Waals surface area contributed by atoms with E-state index in [1.54, 1.807) is 7.11 Å². The van der Waals surface area contributed by atoms with Crippen molar-refractivity contribution in [1.29, 1.82) is 0 Å². The first-order chi connectivity index (χ1) is 15.0. The predicted molar refractivity (Wildman–Crippen MR) is 125 cm³/mol. The lowest BCUT2D eigenvalue weighted by Gasteiger charge is -2.36. The molecule has 1 fully saturated rings. The van der Waals surface area contributed by atoms with Gasteiger partial charge in [0.05, 0.1) is 7.11 Å². The molecule has 1 N–H and O–H groups in total. The summed E-state index contributed by atoms with van der Waals surface area (Å²) in [6.45, 7) is 8.12. The number of aromatic amines is 1. The summed E-state index contributed by atoms with van der Waals surface area (Å²) >= 11 is 0. The fourth-order valence-corrected chi connectivity index (χ4v) is 4.51. The number of methoxy groups -OCH3 is 1. The van der Waals surface area contributed by atoms with Gasteiger partial charge >= 0.3 is 0 Å². The lowest BCUT2D eigenvalue weighted by molar-refractivity contribution is 0.0620. The number of fused-ring (bicyclic) bond motifs is 1. The summed E-state index contributed by atoms with van der Waals surface area (Å²) in [7, 11) is 1.71. The van der Waals surface area contributed by atoms with Gasteiger partial charge in [0.2, 0.25) is 0 Å². The minimum absolute atomic E-state index is 0.102. The van der Waals surface area contributed by atoms with Crippen molar-refractivity contribution in [3.63, 3.8) is 0 Å². The fourth-order valence-electron chi connectivity index (χ4n) is 4.51. The van der Waals surface area contributed by atoms with Crippen molar-refractivity contribution in [1.82, 2.24) is 14.8 Å². The Morgan fingerprint density at radius 1 is 1.13 bits per heavy atom. The SMILES string of the molecule is COc1cccc(CN2CCC(CN(C(=O)c3cc4ccccc4[nH]3)C(C)C)CC2)c1. The van der Waals surface area contributed by atoms with Crippen molar-refractivity contribution in [2.24, 2.45) is 5.92 Å². The number of carbonyl (C=O) groups is 1. The molecule has 164 valence electrons. The molecule has 0 radical (unpaired) electrons. The molecule has 2 aromatic carbocycles. The van der Waals surface area contributed by atoms with Crippen LogP contribution in [-0.4, -0.2) is 53.5 Å². The van der Waals surface area contributed by atoms with Crippen LogP contribution in [0.25, 0.3) is 10.9 Å². The van der Waals surface area contributed by atoms with Gasteiger partial charge in [-0.05, 0) is 75.5 Å². The van der Waals surface area contributed by atoms with E-state index in [9.17, 15) is 4.79 Å². The third kappa shape index (κ3) is 5.10. The van der Waals surface area contributed by atoms with E-state index in [4.69, 9.17) is 4.74 Å². The molecular formula is C26H33N3O2. The second-order valence-corrected chi connectivity index (χ2v) is 8.89. The smallest absolute Gasteiger partial charge is 0.270 e. The summed E-state index contributed by atoms with van der Waals surface area (Å²) in [5.74, 6) is 1.55. The normalized spacial score (nSPS) is 15.5. The number of ether oxygens (including phenoxy) is 1. The number of nitrogens with zero attached hydrogens (tertiary/aromatic N) is 2. The van der Waals surface area contributed by atoms with Crippen LogP contribution in [0, 0.1) is 5.92 Å². The van der Waals surface area contributed by atoms with Gasteiger partial charge in [0.25, 0.3) is 5.91 Å². The molecule has 5 heteroatoms. The van der Waals surface area contributed by atoms with Crippen molar-refractivity contribution in [2.45, 2.75) is 39.3 Å². The van der Waals surface area contributed by atoms with Crippen LogP contribution in [0.1, 0.15) is 42.7 Å². The third-order valence-corrected chi connectivity index (χ3v) is 6.35.